The molecule has 1 atom stereocenters. The Bertz CT molecular complexity index is 1430. The predicted octanol–water partition coefficient (Wildman–Crippen LogP) is 3.30. The van der Waals surface area contributed by atoms with Crippen LogP contribution >= 0.6 is 15.2 Å². The monoisotopic (exact) mass is 655 g/mol. The van der Waals surface area contributed by atoms with Gasteiger partial charge in [0, 0.05) is 11.8 Å². The molecular formula is C29H43N3O10P2. The maximum atomic E-state index is 13.7. The Morgan fingerprint density at radius 1 is 0.909 bits per heavy atom. The van der Waals surface area contributed by atoms with E-state index < -0.39 is 55.3 Å². The topological polar surface area (TPSA) is 226 Å². The molecule has 0 radical (unpaired) electrons. The SMILES string of the molecule is CC(C)COc1ccc(C(C)(C)NC(=O)[C@H](Cc2ccc(C(P(=O)(O)O)P(=O)(O)O)cc2)NC(=O)C(C)(C)C)cc1C(N)=O. The third-order valence-electron chi connectivity index (χ3n) is 6.63. The molecule has 0 aliphatic carbocycles. The molecule has 13 nitrogen and oxygen atoms in total. The molecule has 0 saturated heterocycles. The lowest BCUT2D eigenvalue weighted by Gasteiger charge is -2.31. The zero-order valence-electron chi connectivity index (χ0n) is 25.9. The van der Waals surface area contributed by atoms with Gasteiger partial charge in [0.05, 0.1) is 17.7 Å². The number of carbonyl (C=O) groups excluding carboxylic acids is 3. The fourth-order valence-corrected chi connectivity index (χ4v) is 6.88. The maximum Gasteiger partial charge on any atom is 0.345 e. The minimum absolute atomic E-state index is 0.0605. The third-order valence-corrected chi connectivity index (χ3v) is 10.3. The molecule has 8 N–H and O–H groups in total. The molecule has 0 spiro atoms. The van der Waals surface area contributed by atoms with Crippen LogP contribution in [-0.2, 0) is 30.7 Å². The summed E-state index contributed by atoms with van der Waals surface area (Å²) in [5.41, 5.74) is 4.56. The van der Waals surface area contributed by atoms with Crippen molar-refractivity contribution in [2.45, 2.75) is 71.9 Å². The highest BCUT2D eigenvalue weighted by molar-refractivity contribution is 7.70. The van der Waals surface area contributed by atoms with E-state index in [2.05, 4.69) is 10.6 Å². The summed E-state index contributed by atoms with van der Waals surface area (Å²) in [6.45, 7) is 12.7. The van der Waals surface area contributed by atoms with Crippen molar-refractivity contribution in [3.8, 4) is 5.75 Å². The van der Waals surface area contributed by atoms with E-state index in [9.17, 15) is 43.1 Å². The number of carbonyl (C=O) groups is 3. The summed E-state index contributed by atoms with van der Waals surface area (Å²) >= 11 is 0. The Balaban J connectivity index is 2.40. The molecule has 0 fully saturated rings. The first kappa shape index (κ1) is 37.1. The first-order valence-corrected chi connectivity index (χ1v) is 17.2. The van der Waals surface area contributed by atoms with Crippen LogP contribution in [0.15, 0.2) is 42.5 Å². The van der Waals surface area contributed by atoms with Crippen molar-refractivity contribution in [2.75, 3.05) is 6.61 Å². The number of amides is 3. The Hall–Kier alpha value is -3.05. The van der Waals surface area contributed by atoms with Gasteiger partial charge in [-0.05, 0) is 48.6 Å². The van der Waals surface area contributed by atoms with E-state index in [1.54, 1.807) is 46.8 Å². The average Bonchev–Trinajstić information content (AvgIpc) is 2.85. The van der Waals surface area contributed by atoms with Gasteiger partial charge in [0.1, 0.15) is 11.8 Å². The predicted molar refractivity (Wildman–Crippen MR) is 165 cm³/mol. The number of ether oxygens (including phenoxy) is 1. The average molecular weight is 656 g/mol. The minimum atomic E-state index is -5.21. The van der Waals surface area contributed by atoms with E-state index >= 15 is 0 Å². The summed E-state index contributed by atoms with van der Waals surface area (Å²) in [5, 5.41) is 3.30. The summed E-state index contributed by atoms with van der Waals surface area (Å²) in [6, 6.07) is 8.80. The van der Waals surface area contributed by atoms with E-state index in [-0.39, 0.29) is 23.5 Å². The molecule has 0 aromatic heterocycles. The molecule has 0 unspecified atom stereocenters. The number of nitrogens with one attached hydrogen (secondary N) is 2. The van der Waals surface area contributed by atoms with Crippen molar-refractivity contribution < 1.29 is 47.8 Å². The lowest BCUT2D eigenvalue weighted by Crippen LogP contribution is -2.54. The van der Waals surface area contributed by atoms with Gasteiger partial charge >= 0.3 is 15.2 Å². The van der Waals surface area contributed by atoms with Gasteiger partial charge in [-0.3, -0.25) is 23.5 Å². The Morgan fingerprint density at radius 3 is 1.91 bits per heavy atom. The van der Waals surface area contributed by atoms with Crippen LogP contribution in [0.1, 0.15) is 80.9 Å². The van der Waals surface area contributed by atoms with Gasteiger partial charge in [-0.15, -0.1) is 0 Å². The number of primary amides is 1. The normalized spacial score (nSPS) is 13.5. The standard InChI is InChI=1S/C29H43N3O10P2/c1-17(2)16-42-23-13-12-20(15-21(23)24(30)33)29(6,7)32-25(34)22(31-27(35)28(3,4)5)14-18-8-10-19(11-9-18)26(43(36,37)38)44(39,40)41/h8-13,15,17,22,26H,14,16H2,1-7H3,(H2,30,33)(H,31,35)(H,32,34)(H2,36,37,38)(H2,39,40,41)/t22-/m0/s1. The lowest BCUT2D eigenvalue weighted by atomic mass is 9.91. The molecule has 0 heterocycles. The summed E-state index contributed by atoms with van der Waals surface area (Å²) < 4.78 is 29.3. The van der Waals surface area contributed by atoms with Crippen molar-refractivity contribution in [3.05, 3.63) is 64.7 Å². The Morgan fingerprint density at radius 2 is 1.45 bits per heavy atom. The molecule has 44 heavy (non-hydrogen) atoms. The van der Waals surface area contributed by atoms with Crippen LogP contribution in [-0.4, -0.2) is 49.9 Å². The van der Waals surface area contributed by atoms with Crippen molar-refractivity contribution in [1.82, 2.24) is 10.6 Å². The molecule has 2 aromatic rings. The van der Waals surface area contributed by atoms with Crippen LogP contribution in [0.25, 0.3) is 0 Å². The second-order valence-corrected chi connectivity index (χ2v) is 16.5. The summed E-state index contributed by atoms with van der Waals surface area (Å²) in [7, 11) is -10.4. The van der Waals surface area contributed by atoms with Crippen LogP contribution in [0.2, 0.25) is 0 Å². The highest BCUT2D eigenvalue weighted by Gasteiger charge is 2.44. The van der Waals surface area contributed by atoms with Crippen molar-refractivity contribution in [3.63, 3.8) is 0 Å². The Kier molecular flexibility index (Phi) is 11.8. The van der Waals surface area contributed by atoms with Crippen LogP contribution in [0.5, 0.6) is 5.75 Å². The first-order valence-electron chi connectivity index (χ1n) is 13.8. The maximum absolute atomic E-state index is 13.7. The van der Waals surface area contributed by atoms with Gasteiger partial charge in [-0.25, -0.2) is 0 Å². The molecule has 2 rings (SSSR count). The minimum Gasteiger partial charge on any atom is -0.492 e. The van der Waals surface area contributed by atoms with Crippen LogP contribution in [0.3, 0.4) is 0 Å². The quantitative estimate of drug-likeness (QED) is 0.156. The first-order chi connectivity index (χ1) is 19.9. The van der Waals surface area contributed by atoms with Crippen molar-refractivity contribution in [1.29, 1.82) is 0 Å². The summed E-state index contributed by atoms with van der Waals surface area (Å²) in [4.78, 5) is 76.9. The van der Waals surface area contributed by atoms with Crippen LogP contribution in [0.4, 0.5) is 0 Å². The summed E-state index contributed by atoms with van der Waals surface area (Å²) in [6.07, 6.45) is -0.0605. The van der Waals surface area contributed by atoms with Crippen molar-refractivity contribution in [2.24, 2.45) is 17.1 Å². The zero-order valence-corrected chi connectivity index (χ0v) is 27.7. The number of nitrogens with two attached hydrogens (primary N) is 1. The lowest BCUT2D eigenvalue weighted by molar-refractivity contribution is -0.134. The highest BCUT2D eigenvalue weighted by Crippen LogP contribution is 2.69. The van der Waals surface area contributed by atoms with E-state index in [4.69, 9.17) is 10.5 Å². The molecular weight excluding hydrogens is 612 g/mol. The number of hydrogen-bond acceptors (Lipinski definition) is 6. The molecule has 0 bridgehead atoms. The molecule has 2 aromatic carbocycles. The third kappa shape index (κ3) is 10.3. The smallest absolute Gasteiger partial charge is 0.345 e. The number of benzene rings is 2. The van der Waals surface area contributed by atoms with E-state index in [1.165, 1.54) is 18.2 Å². The van der Waals surface area contributed by atoms with Gasteiger partial charge in [0.2, 0.25) is 11.8 Å². The van der Waals surface area contributed by atoms with E-state index in [0.717, 1.165) is 12.1 Å². The Labute approximate surface area is 257 Å². The summed E-state index contributed by atoms with van der Waals surface area (Å²) in [5.74, 6) is -1.17. The van der Waals surface area contributed by atoms with Gasteiger partial charge in [-0.2, -0.15) is 0 Å². The molecule has 0 saturated carbocycles. The van der Waals surface area contributed by atoms with Crippen LogP contribution in [0, 0.1) is 11.3 Å². The second-order valence-electron chi connectivity index (χ2n) is 12.7. The zero-order chi connectivity index (χ0) is 33.8. The molecule has 244 valence electrons. The van der Waals surface area contributed by atoms with Gasteiger partial charge in [0.25, 0.3) is 5.91 Å². The van der Waals surface area contributed by atoms with E-state index in [1.807, 2.05) is 13.8 Å². The number of hydrogen-bond donors (Lipinski definition) is 7. The van der Waals surface area contributed by atoms with E-state index in [0.29, 0.717) is 23.5 Å². The van der Waals surface area contributed by atoms with Gasteiger partial charge < -0.3 is 40.7 Å². The number of rotatable bonds is 13. The molecule has 0 aliphatic heterocycles. The molecule has 3 amide bonds. The fraction of sp³-hybridized carbons (Fsp3) is 0.483. The van der Waals surface area contributed by atoms with Crippen LogP contribution < -0.4 is 21.1 Å². The highest BCUT2D eigenvalue weighted by atomic mass is 31.2. The molecule has 15 heteroatoms. The fourth-order valence-electron chi connectivity index (χ4n) is 4.19. The largest absolute Gasteiger partial charge is 0.492 e. The second kappa shape index (κ2) is 13.9. The van der Waals surface area contributed by atoms with Gasteiger partial charge in [0.15, 0.2) is 5.40 Å². The van der Waals surface area contributed by atoms with Gasteiger partial charge in [-0.1, -0.05) is 65.0 Å². The van der Waals surface area contributed by atoms with Crippen molar-refractivity contribution >= 4 is 32.9 Å². The molecule has 0 aliphatic rings.